The number of hydrogen-bond donors (Lipinski definition) is 1. The molecular formula is C11H18N2O2. The lowest BCUT2D eigenvalue weighted by molar-refractivity contribution is -0.148. The smallest absolute Gasteiger partial charge is 0.246 e. The zero-order valence-electron chi connectivity index (χ0n) is 9.32. The van der Waals surface area contributed by atoms with Crippen LogP contribution in [0.5, 0.6) is 0 Å². The van der Waals surface area contributed by atoms with E-state index < -0.39 is 0 Å². The molecule has 1 N–H and O–H groups in total. The number of nitrogens with zero attached hydrogens (tertiary/aromatic N) is 1. The van der Waals surface area contributed by atoms with Crippen LogP contribution in [0.4, 0.5) is 0 Å². The lowest BCUT2D eigenvalue weighted by atomic mass is 9.95. The molecule has 2 amide bonds. The number of amides is 2. The number of fused-ring (bicyclic) bond motifs is 1. The highest BCUT2D eigenvalue weighted by molar-refractivity contribution is 5.97. The van der Waals surface area contributed by atoms with Crippen molar-refractivity contribution in [2.24, 2.45) is 5.92 Å². The number of carbonyl (C=O) groups is 2. The molecule has 2 aliphatic heterocycles. The lowest BCUT2D eigenvalue weighted by Gasteiger charge is -2.36. The molecule has 2 heterocycles. The van der Waals surface area contributed by atoms with Gasteiger partial charge in [-0.2, -0.15) is 0 Å². The van der Waals surface area contributed by atoms with E-state index in [1.54, 1.807) is 4.90 Å². The Morgan fingerprint density at radius 1 is 1.53 bits per heavy atom. The third-order valence-electron chi connectivity index (χ3n) is 3.62. The van der Waals surface area contributed by atoms with Gasteiger partial charge in [0.15, 0.2) is 0 Å². The van der Waals surface area contributed by atoms with E-state index in [1.807, 2.05) is 13.8 Å². The molecule has 84 valence electrons. The molecule has 0 aromatic heterocycles. The van der Waals surface area contributed by atoms with Crippen molar-refractivity contribution in [1.29, 1.82) is 0 Å². The van der Waals surface area contributed by atoms with Crippen LogP contribution < -0.4 is 5.32 Å². The quantitative estimate of drug-likeness (QED) is 0.722. The minimum Gasteiger partial charge on any atom is -0.342 e. The van der Waals surface area contributed by atoms with E-state index in [0.717, 1.165) is 25.8 Å². The van der Waals surface area contributed by atoms with E-state index in [-0.39, 0.29) is 29.8 Å². The molecule has 0 bridgehead atoms. The maximum Gasteiger partial charge on any atom is 0.246 e. The Hall–Kier alpha value is -1.06. The van der Waals surface area contributed by atoms with E-state index in [2.05, 4.69) is 5.32 Å². The molecule has 0 aliphatic carbocycles. The van der Waals surface area contributed by atoms with Gasteiger partial charge in [0, 0.05) is 6.54 Å². The van der Waals surface area contributed by atoms with Crippen molar-refractivity contribution in [2.75, 3.05) is 6.54 Å². The molecule has 0 unspecified atom stereocenters. The van der Waals surface area contributed by atoms with Gasteiger partial charge in [0.1, 0.15) is 12.1 Å². The van der Waals surface area contributed by atoms with Gasteiger partial charge in [-0.05, 0) is 18.8 Å². The molecule has 2 rings (SSSR count). The van der Waals surface area contributed by atoms with E-state index >= 15 is 0 Å². The Bertz CT molecular complexity index is 290. The van der Waals surface area contributed by atoms with Crippen LogP contribution in [0, 0.1) is 5.92 Å². The van der Waals surface area contributed by atoms with Crippen molar-refractivity contribution in [3.05, 3.63) is 0 Å². The Labute approximate surface area is 90.0 Å². The van der Waals surface area contributed by atoms with Gasteiger partial charge in [-0.15, -0.1) is 0 Å². The topological polar surface area (TPSA) is 49.4 Å². The highest BCUT2D eigenvalue weighted by atomic mass is 16.2. The first-order valence-electron chi connectivity index (χ1n) is 5.76. The molecule has 4 nitrogen and oxygen atoms in total. The van der Waals surface area contributed by atoms with Crippen LogP contribution in [-0.4, -0.2) is 35.3 Å². The van der Waals surface area contributed by atoms with Crippen molar-refractivity contribution >= 4 is 11.8 Å². The van der Waals surface area contributed by atoms with Crippen LogP contribution in [0.2, 0.25) is 0 Å². The van der Waals surface area contributed by atoms with Gasteiger partial charge in [0.2, 0.25) is 11.8 Å². The number of carbonyl (C=O) groups excluding carboxylic acids is 2. The Morgan fingerprint density at radius 3 is 2.93 bits per heavy atom. The molecule has 0 aromatic carbocycles. The van der Waals surface area contributed by atoms with Gasteiger partial charge in [-0.25, -0.2) is 0 Å². The Morgan fingerprint density at radius 2 is 2.27 bits per heavy atom. The van der Waals surface area contributed by atoms with Crippen LogP contribution in [0.1, 0.15) is 33.1 Å². The summed E-state index contributed by atoms with van der Waals surface area (Å²) in [6.45, 7) is 4.81. The summed E-state index contributed by atoms with van der Waals surface area (Å²) in [6.07, 6.45) is 2.69. The monoisotopic (exact) mass is 210 g/mol. The maximum absolute atomic E-state index is 12.1. The predicted octanol–water partition coefficient (Wildman–Crippen LogP) is 0.522. The molecular weight excluding hydrogens is 192 g/mol. The fraction of sp³-hybridized carbons (Fsp3) is 0.818. The zero-order chi connectivity index (χ0) is 11.0. The summed E-state index contributed by atoms with van der Waals surface area (Å²) in [7, 11) is 0. The Kier molecular flexibility index (Phi) is 2.67. The van der Waals surface area contributed by atoms with Crippen LogP contribution in [0.3, 0.4) is 0 Å². The van der Waals surface area contributed by atoms with E-state index in [4.69, 9.17) is 0 Å². The third kappa shape index (κ3) is 1.62. The SMILES string of the molecule is CC[C@H](C)[C@@H]1NC(=O)[C@H]2CCCN2C1=O. The van der Waals surface area contributed by atoms with Gasteiger partial charge in [-0.3, -0.25) is 9.59 Å². The molecule has 2 fully saturated rings. The van der Waals surface area contributed by atoms with Gasteiger partial charge in [0.05, 0.1) is 0 Å². The minimum atomic E-state index is -0.295. The molecule has 2 aliphatic rings. The average Bonchev–Trinajstić information content (AvgIpc) is 2.71. The summed E-state index contributed by atoms with van der Waals surface area (Å²) in [4.78, 5) is 25.6. The van der Waals surface area contributed by atoms with Crippen LogP contribution in [0.25, 0.3) is 0 Å². The largest absolute Gasteiger partial charge is 0.342 e. The number of nitrogens with one attached hydrogen (secondary N) is 1. The average molecular weight is 210 g/mol. The summed E-state index contributed by atoms with van der Waals surface area (Å²) in [5.74, 6) is 0.381. The fourth-order valence-electron chi connectivity index (χ4n) is 2.41. The number of rotatable bonds is 2. The summed E-state index contributed by atoms with van der Waals surface area (Å²) in [6, 6.07) is -0.477. The summed E-state index contributed by atoms with van der Waals surface area (Å²) < 4.78 is 0. The second-order valence-corrected chi connectivity index (χ2v) is 4.56. The maximum atomic E-state index is 12.1. The number of piperazine rings is 1. The van der Waals surface area contributed by atoms with Crippen LogP contribution >= 0.6 is 0 Å². The van der Waals surface area contributed by atoms with Gasteiger partial charge >= 0.3 is 0 Å². The molecule has 0 aromatic rings. The van der Waals surface area contributed by atoms with Crippen LogP contribution in [0.15, 0.2) is 0 Å². The van der Waals surface area contributed by atoms with E-state index in [9.17, 15) is 9.59 Å². The van der Waals surface area contributed by atoms with Gasteiger partial charge in [0.25, 0.3) is 0 Å². The molecule has 3 atom stereocenters. The van der Waals surface area contributed by atoms with Crippen LogP contribution in [-0.2, 0) is 9.59 Å². The summed E-state index contributed by atoms with van der Waals surface area (Å²) in [5, 5.41) is 2.86. The second-order valence-electron chi connectivity index (χ2n) is 4.56. The first-order valence-corrected chi connectivity index (χ1v) is 5.76. The molecule has 4 heteroatoms. The first kappa shape index (κ1) is 10.5. The third-order valence-corrected chi connectivity index (χ3v) is 3.62. The summed E-state index contributed by atoms with van der Waals surface area (Å²) in [5.41, 5.74) is 0. The highest BCUT2D eigenvalue weighted by Gasteiger charge is 2.44. The molecule has 0 saturated carbocycles. The molecule has 2 saturated heterocycles. The predicted molar refractivity (Wildman–Crippen MR) is 56.1 cm³/mol. The van der Waals surface area contributed by atoms with Gasteiger partial charge < -0.3 is 10.2 Å². The molecule has 15 heavy (non-hydrogen) atoms. The van der Waals surface area contributed by atoms with Crippen molar-refractivity contribution in [3.63, 3.8) is 0 Å². The normalized spacial score (nSPS) is 32.5. The van der Waals surface area contributed by atoms with Crippen molar-refractivity contribution < 1.29 is 9.59 Å². The first-order chi connectivity index (χ1) is 7.15. The lowest BCUT2D eigenvalue weighted by Crippen LogP contribution is -2.62. The Balaban J connectivity index is 2.17. The zero-order valence-corrected chi connectivity index (χ0v) is 9.32. The standard InChI is InChI=1S/C11H18N2O2/c1-3-7(2)9-11(15)13-6-4-5-8(13)10(14)12-9/h7-9H,3-6H2,1-2H3,(H,12,14)/t7-,8+,9-/m0/s1. The minimum absolute atomic E-state index is 0.0393. The second kappa shape index (κ2) is 3.83. The highest BCUT2D eigenvalue weighted by Crippen LogP contribution is 2.24. The fourth-order valence-corrected chi connectivity index (χ4v) is 2.41. The van der Waals surface area contributed by atoms with E-state index in [0.29, 0.717) is 0 Å². The molecule has 0 radical (unpaired) electrons. The van der Waals surface area contributed by atoms with Gasteiger partial charge in [-0.1, -0.05) is 20.3 Å². The summed E-state index contributed by atoms with van der Waals surface area (Å²) >= 11 is 0. The molecule has 0 spiro atoms. The van der Waals surface area contributed by atoms with E-state index in [1.165, 1.54) is 0 Å². The van der Waals surface area contributed by atoms with Crippen molar-refractivity contribution in [2.45, 2.75) is 45.2 Å². The van der Waals surface area contributed by atoms with Crippen molar-refractivity contribution in [1.82, 2.24) is 10.2 Å². The van der Waals surface area contributed by atoms with Crippen molar-refractivity contribution in [3.8, 4) is 0 Å². The number of hydrogen-bond acceptors (Lipinski definition) is 2.